The van der Waals surface area contributed by atoms with Gasteiger partial charge in [0, 0.05) is 6.04 Å². The molecule has 12 heavy (non-hydrogen) atoms. The highest BCUT2D eigenvalue weighted by atomic mass is 16.4. The van der Waals surface area contributed by atoms with Crippen LogP contribution in [0, 0.1) is 5.92 Å². The van der Waals surface area contributed by atoms with E-state index in [1.165, 1.54) is 0 Å². The molecule has 0 amide bonds. The fourth-order valence-corrected chi connectivity index (χ4v) is 1.49. The minimum absolute atomic E-state index is 0.303. The first-order chi connectivity index (χ1) is 5.72. The monoisotopic (exact) mass is 169 g/mol. The average molecular weight is 169 g/mol. The number of carbonyl (C=O) groups is 1. The minimum Gasteiger partial charge on any atom is -0.481 e. The van der Waals surface area contributed by atoms with Crippen molar-refractivity contribution >= 4 is 5.97 Å². The first-order valence-corrected chi connectivity index (χ1v) is 4.37. The number of hydrogen-bond acceptors (Lipinski definition) is 2. The van der Waals surface area contributed by atoms with Gasteiger partial charge in [0.15, 0.2) is 0 Å². The molecule has 0 saturated carbocycles. The summed E-state index contributed by atoms with van der Waals surface area (Å²) in [4.78, 5) is 10.7. The van der Waals surface area contributed by atoms with Gasteiger partial charge in [-0.1, -0.05) is 18.6 Å². The molecule has 0 unspecified atom stereocenters. The Balaban J connectivity index is 2.62. The smallest absolute Gasteiger partial charge is 0.308 e. The van der Waals surface area contributed by atoms with Crippen molar-refractivity contribution in [1.29, 1.82) is 0 Å². The summed E-state index contributed by atoms with van der Waals surface area (Å²) in [6, 6.07) is -0.303. The van der Waals surface area contributed by atoms with Gasteiger partial charge < -0.3 is 10.8 Å². The second-order valence-electron chi connectivity index (χ2n) is 3.23. The Hall–Kier alpha value is -0.830. The molecule has 0 aliphatic heterocycles. The lowest BCUT2D eigenvalue weighted by atomic mass is 9.91. The van der Waals surface area contributed by atoms with Gasteiger partial charge in [-0.3, -0.25) is 4.79 Å². The van der Waals surface area contributed by atoms with Crippen molar-refractivity contribution in [1.82, 2.24) is 0 Å². The third-order valence-electron chi connectivity index (χ3n) is 2.28. The molecule has 3 N–H and O–H groups in total. The van der Waals surface area contributed by atoms with E-state index in [-0.39, 0.29) is 12.0 Å². The van der Waals surface area contributed by atoms with E-state index in [1.807, 2.05) is 12.2 Å². The summed E-state index contributed by atoms with van der Waals surface area (Å²) in [7, 11) is 0. The molecule has 2 atom stereocenters. The second kappa shape index (κ2) is 4.26. The van der Waals surface area contributed by atoms with Crippen molar-refractivity contribution < 1.29 is 9.90 Å². The highest BCUT2D eigenvalue weighted by Gasteiger charge is 2.23. The number of nitrogens with two attached hydrogens (primary N) is 1. The van der Waals surface area contributed by atoms with Crippen LogP contribution in [0.1, 0.15) is 25.7 Å². The van der Waals surface area contributed by atoms with Crippen LogP contribution in [0.25, 0.3) is 0 Å². The highest BCUT2D eigenvalue weighted by molar-refractivity contribution is 5.71. The first-order valence-electron chi connectivity index (χ1n) is 4.37. The normalized spacial score (nSPS) is 30.8. The Morgan fingerprint density at radius 2 is 2.25 bits per heavy atom. The van der Waals surface area contributed by atoms with Crippen molar-refractivity contribution in [3.05, 3.63) is 12.2 Å². The van der Waals surface area contributed by atoms with E-state index in [9.17, 15) is 4.79 Å². The summed E-state index contributed by atoms with van der Waals surface area (Å²) in [6.07, 6.45) is 7.58. The van der Waals surface area contributed by atoms with Crippen LogP contribution in [0.2, 0.25) is 0 Å². The maximum Gasteiger partial charge on any atom is 0.308 e. The summed E-state index contributed by atoms with van der Waals surface area (Å²) >= 11 is 0. The summed E-state index contributed by atoms with van der Waals surface area (Å²) in [6.45, 7) is 0. The van der Waals surface area contributed by atoms with Gasteiger partial charge >= 0.3 is 5.97 Å². The zero-order valence-electron chi connectivity index (χ0n) is 7.07. The molecule has 0 radical (unpaired) electrons. The van der Waals surface area contributed by atoms with Crippen LogP contribution in [0.3, 0.4) is 0 Å². The molecular formula is C9H15NO2. The Bertz CT molecular complexity index is 189. The van der Waals surface area contributed by atoms with E-state index in [1.54, 1.807) is 0 Å². The van der Waals surface area contributed by atoms with Crippen LogP contribution in [-0.4, -0.2) is 17.1 Å². The van der Waals surface area contributed by atoms with Gasteiger partial charge in [0.25, 0.3) is 0 Å². The first kappa shape index (κ1) is 9.26. The number of carboxylic acids is 1. The van der Waals surface area contributed by atoms with E-state index >= 15 is 0 Å². The molecule has 1 aliphatic carbocycles. The van der Waals surface area contributed by atoms with Gasteiger partial charge in [0.05, 0.1) is 5.92 Å². The van der Waals surface area contributed by atoms with E-state index in [0.29, 0.717) is 6.42 Å². The van der Waals surface area contributed by atoms with Crippen molar-refractivity contribution in [2.45, 2.75) is 31.7 Å². The highest BCUT2D eigenvalue weighted by Crippen LogP contribution is 2.17. The van der Waals surface area contributed by atoms with Crippen molar-refractivity contribution in [3.63, 3.8) is 0 Å². The van der Waals surface area contributed by atoms with Crippen LogP contribution in [0.5, 0.6) is 0 Å². The predicted molar refractivity (Wildman–Crippen MR) is 46.7 cm³/mol. The molecule has 0 spiro atoms. The molecule has 68 valence electrons. The molecule has 1 aliphatic rings. The van der Waals surface area contributed by atoms with E-state index in [0.717, 1.165) is 19.3 Å². The quantitative estimate of drug-likeness (QED) is 0.579. The minimum atomic E-state index is -0.769. The van der Waals surface area contributed by atoms with Crippen LogP contribution >= 0.6 is 0 Å². The van der Waals surface area contributed by atoms with Gasteiger partial charge in [0.2, 0.25) is 0 Å². The largest absolute Gasteiger partial charge is 0.481 e. The summed E-state index contributed by atoms with van der Waals surface area (Å²) in [5.74, 6) is -1.16. The molecular weight excluding hydrogens is 154 g/mol. The number of hydrogen-bond donors (Lipinski definition) is 2. The standard InChI is InChI=1S/C9H15NO2/c10-8-6-4-2-1-3-5-7(8)9(11)12/h4,6-8H,1-3,5,10H2,(H,11,12)/t7-,8-/m0/s1. The van der Waals surface area contributed by atoms with Gasteiger partial charge in [-0.25, -0.2) is 0 Å². The van der Waals surface area contributed by atoms with E-state index in [4.69, 9.17) is 10.8 Å². The van der Waals surface area contributed by atoms with Crippen LogP contribution in [0.4, 0.5) is 0 Å². The van der Waals surface area contributed by atoms with E-state index in [2.05, 4.69) is 0 Å². The van der Waals surface area contributed by atoms with Crippen molar-refractivity contribution in [3.8, 4) is 0 Å². The van der Waals surface area contributed by atoms with Gasteiger partial charge in [-0.15, -0.1) is 0 Å². The zero-order chi connectivity index (χ0) is 8.97. The summed E-state index contributed by atoms with van der Waals surface area (Å²) < 4.78 is 0. The molecule has 0 aromatic heterocycles. The molecule has 3 nitrogen and oxygen atoms in total. The molecule has 0 heterocycles. The third kappa shape index (κ3) is 2.34. The van der Waals surface area contributed by atoms with Gasteiger partial charge in [-0.05, 0) is 19.3 Å². The average Bonchev–Trinajstić information content (AvgIpc) is 1.96. The second-order valence-corrected chi connectivity index (χ2v) is 3.23. The molecule has 0 aromatic carbocycles. The lowest BCUT2D eigenvalue weighted by molar-refractivity contribution is -0.142. The summed E-state index contributed by atoms with van der Waals surface area (Å²) in [5, 5.41) is 8.81. The van der Waals surface area contributed by atoms with Crippen LogP contribution < -0.4 is 5.73 Å². The Morgan fingerprint density at radius 3 is 2.92 bits per heavy atom. The van der Waals surface area contributed by atoms with Gasteiger partial charge in [0.1, 0.15) is 0 Å². The lowest BCUT2D eigenvalue weighted by Gasteiger charge is -2.18. The predicted octanol–water partition coefficient (Wildman–Crippen LogP) is 1.14. The lowest BCUT2D eigenvalue weighted by Crippen LogP contribution is -2.34. The molecule has 0 bridgehead atoms. The van der Waals surface area contributed by atoms with Crippen molar-refractivity contribution in [2.75, 3.05) is 0 Å². The topological polar surface area (TPSA) is 63.3 Å². The zero-order valence-corrected chi connectivity index (χ0v) is 7.07. The number of allylic oxidation sites excluding steroid dienone is 1. The summed E-state index contributed by atoms with van der Waals surface area (Å²) in [5.41, 5.74) is 5.68. The SMILES string of the molecule is N[C@H]1C=CCCCC[C@@H]1C(=O)O. The molecule has 0 fully saturated rings. The van der Waals surface area contributed by atoms with Crippen molar-refractivity contribution in [2.24, 2.45) is 11.7 Å². The van der Waals surface area contributed by atoms with E-state index < -0.39 is 5.97 Å². The Morgan fingerprint density at radius 1 is 1.50 bits per heavy atom. The van der Waals surface area contributed by atoms with Crippen LogP contribution in [0.15, 0.2) is 12.2 Å². The maximum absolute atomic E-state index is 10.7. The number of aliphatic carboxylic acids is 1. The fraction of sp³-hybridized carbons (Fsp3) is 0.667. The molecule has 0 aromatic rings. The Labute approximate surface area is 72.3 Å². The molecule has 0 saturated heterocycles. The fourth-order valence-electron chi connectivity index (χ4n) is 1.49. The maximum atomic E-state index is 10.7. The van der Waals surface area contributed by atoms with Crippen LogP contribution in [-0.2, 0) is 4.79 Å². The third-order valence-corrected chi connectivity index (χ3v) is 2.28. The molecule has 3 heteroatoms. The number of carboxylic acid groups (broad SMARTS) is 1. The number of rotatable bonds is 1. The van der Waals surface area contributed by atoms with Gasteiger partial charge in [-0.2, -0.15) is 0 Å². The molecule has 1 rings (SSSR count). The Kier molecular flexibility index (Phi) is 3.29.